The molecule has 2 aromatic rings. The fourth-order valence-corrected chi connectivity index (χ4v) is 2.30. The summed E-state index contributed by atoms with van der Waals surface area (Å²) in [7, 11) is 1.72. The summed E-state index contributed by atoms with van der Waals surface area (Å²) in [5.41, 5.74) is 1.45. The summed E-state index contributed by atoms with van der Waals surface area (Å²) < 4.78 is 0. The first kappa shape index (κ1) is 15.7. The van der Waals surface area contributed by atoms with Gasteiger partial charge in [-0.05, 0) is 12.5 Å². The van der Waals surface area contributed by atoms with E-state index in [1.54, 1.807) is 30.1 Å². The van der Waals surface area contributed by atoms with E-state index in [-0.39, 0.29) is 24.1 Å². The van der Waals surface area contributed by atoms with E-state index in [1.165, 1.54) is 6.07 Å². The van der Waals surface area contributed by atoms with Gasteiger partial charge in [0.05, 0.1) is 17.4 Å². The molecule has 0 spiro atoms. The molecule has 0 aliphatic heterocycles. The fraction of sp³-hybridized carbons (Fsp3) is 0.235. The Morgan fingerprint density at radius 1 is 1.14 bits per heavy atom. The second-order valence-electron chi connectivity index (χ2n) is 5.15. The zero-order valence-electron chi connectivity index (χ0n) is 12.6. The van der Waals surface area contributed by atoms with Crippen molar-refractivity contribution in [3.05, 3.63) is 75.8 Å². The summed E-state index contributed by atoms with van der Waals surface area (Å²) in [4.78, 5) is 24.6. The van der Waals surface area contributed by atoms with Gasteiger partial charge in [0.25, 0.3) is 5.69 Å². The Hall–Kier alpha value is -2.69. The molecule has 0 radical (unpaired) electrons. The van der Waals surface area contributed by atoms with Crippen molar-refractivity contribution in [2.45, 2.75) is 19.4 Å². The second kappa shape index (κ2) is 6.85. The Balaban J connectivity index is 2.14. The van der Waals surface area contributed by atoms with Gasteiger partial charge in [-0.15, -0.1) is 0 Å². The number of nitrogens with zero attached hydrogens (tertiary/aromatic N) is 2. The number of carbonyl (C=O) groups excluding carboxylic acids is 1. The predicted molar refractivity (Wildman–Crippen MR) is 84.4 cm³/mol. The highest BCUT2D eigenvalue weighted by Gasteiger charge is 2.21. The van der Waals surface area contributed by atoms with E-state index in [0.717, 1.165) is 5.56 Å². The molecule has 0 saturated heterocycles. The largest absolute Gasteiger partial charge is 0.339 e. The lowest BCUT2D eigenvalue weighted by Crippen LogP contribution is -2.31. The standard InChI is InChI=1S/C17H18N2O3/c1-13(14-8-4-3-5-9-14)18(2)17(20)12-15-10-6-7-11-16(15)19(21)22/h3-11,13H,12H2,1-2H3. The molecule has 5 heteroatoms. The van der Waals surface area contributed by atoms with Crippen LogP contribution in [0.2, 0.25) is 0 Å². The Labute approximate surface area is 129 Å². The number of nitro groups is 1. The van der Waals surface area contributed by atoms with E-state index in [2.05, 4.69) is 0 Å². The van der Waals surface area contributed by atoms with Crippen LogP contribution in [0.5, 0.6) is 0 Å². The molecule has 0 aliphatic rings. The Bertz CT molecular complexity index is 671. The van der Waals surface area contributed by atoms with Crippen LogP contribution in [0, 0.1) is 10.1 Å². The molecule has 2 rings (SSSR count). The number of benzene rings is 2. The maximum atomic E-state index is 12.4. The van der Waals surface area contributed by atoms with Crippen molar-refractivity contribution in [3.63, 3.8) is 0 Å². The zero-order chi connectivity index (χ0) is 16.1. The summed E-state index contributed by atoms with van der Waals surface area (Å²) in [6.07, 6.45) is 0.0187. The van der Waals surface area contributed by atoms with Gasteiger partial charge in [0.1, 0.15) is 0 Å². The van der Waals surface area contributed by atoms with Crippen molar-refractivity contribution in [1.29, 1.82) is 0 Å². The summed E-state index contributed by atoms with van der Waals surface area (Å²) in [5.74, 6) is -0.148. The topological polar surface area (TPSA) is 63.5 Å². The number of amides is 1. The van der Waals surface area contributed by atoms with Crippen molar-refractivity contribution in [2.75, 3.05) is 7.05 Å². The molecule has 1 amide bonds. The summed E-state index contributed by atoms with van der Waals surface area (Å²) >= 11 is 0. The minimum Gasteiger partial charge on any atom is -0.339 e. The highest BCUT2D eigenvalue weighted by molar-refractivity contribution is 5.80. The fourth-order valence-electron chi connectivity index (χ4n) is 2.30. The molecule has 0 aliphatic carbocycles. The molecule has 0 saturated carbocycles. The van der Waals surface area contributed by atoms with Crippen molar-refractivity contribution in [2.24, 2.45) is 0 Å². The maximum absolute atomic E-state index is 12.4. The third-order valence-electron chi connectivity index (χ3n) is 3.79. The molecule has 2 aromatic carbocycles. The zero-order valence-corrected chi connectivity index (χ0v) is 12.6. The molecule has 0 heterocycles. The van der Waals surface area contributed by atoms with Crippen LogP contribution in [0.4, 0.5) is 5.69 Å². The van der Waals surface area contributed by atoms with Crippen LogP contribution in [0.15, 0.2) is 54.6 Å². The SMILES string of the molecule is CC(c1ccccc1)N(C)C(=O)Cc1ccccc1[N+](=O)[O-]. The Morgan fingerprint density at radius 3 is 2.36 bits per heavy atom. The lowest BCUT2D eigenvalue weighted by molar-refractivity contribution is -0.385. The highest BCUT2D eigenvalue weighted by Crippen LogP contribution is 2.22. The number of hydrogen-bond acceptors (Lipinski definition) is 3. The van der Waals surface area contributed by atoms with E-state index in [0.29, 0.717) is 5.56 Å². The third-order valence-corrected chi connectivity index (χ3v) is 3.79. The van der Waals surface area contributed by atoms with Gasteiger partial charge in [-0.2, -0.15) is 0 Å². The van der Waals surface area contributed by atoms with Crippen LogP contribution in [0.1, 0.15) is 24.1 Å². The lowest BCUT2D eigenvalue weighted by Gasteiger charge is -2.25. The van der Waals surface area contributed by atoms with Gasteiger partial charge in [-0.1, -0.05) is 48.5 Å². The van der Waals surface area contributed by atoms with Crippen LogP contribution in [-0.4, -0.2) is 22.8 Å². The minimum atomic E-state index is -0.455. The molecule has 0 fully saturated rings. The molecule has 1 atom stereocenters. The van der Waals surface area contributed by atoms with Gasteiger partial charge in [0.2, 0.25) is 5.91 Å². The van der Waals surface area contributed by atoms with Gasteiger partial charge in [0.15, 0.2) is 0 Å². The van der Waals surface area contributed by atoms with Crippen molar-refractivity contribution >= 4 is 11.6 Å². The molecular formula is C17H18N2O3. The van der Waals surface area contributed by atoms with E-state index in [1.807, 2.05) is 37.3 Å². The van der Waals surface area contributed by atoms with Crippen molar-refractivity contribution in [1.82, 2.24) is 4.90 Å². The first-order chi connectivity index (χ1) is 10.5. The maximum Gasteiger partial charge on any atom is 0.273 e. The smallest absolute Gasteiger partial charge is 0.273 e. The molecule has 5 nitrogen and oxygen atoms in total. The van der Waals surface area contributed by atoms with Gasteiger partial charge in [-0.3, -0.25) is 14.9 Å². The molecule has 0 N–H and O–H groups in total. The molecule has 0 aromatic heterocycles. The predicted octanol–water partition coefficient (Wildman–Crippen LogP) is 3.36. The highest BCUT2D eigenvalue weighted by atomic mass is 16.6. The van der Waals surface area contributed by atoms with E-state index in [9.17, 15) is 14.9 Å². The Kier molecular flexibility index (Phi) is 4.88. The molecular weight excluding hydrogens is 280 g/mol. The number of para-hydroxylation sites is 1. The first-order valence-electron chi connectivity index (χ1n) is 7.03. The number of hydrogen-bond donors (Lipinski definition) is 0. The van der Waals surface area contributed by atoms with Gasteiger partial charge >= 0.3 is 0 Å². The number of rotatable bonds is 5. The van der Waals surface area contributed by atoms with Gasteiger partial charge < -0.3 is 4.90 Å². The number of likely N-dealkylation sites (N-methyl/N-ethyl adjacent to an activating group) is 1. The second-order valence-corrected chi connectivity index (χ2v) is 5.15. The van der Waals surface area contributed by atoms with Gasteiger partial charge in [0, 0.05) is 18.7 Å². The normalized spacial score (nSPS) is 11.7. The third kappa shape index (κ3) is 3.49. The number of carbonyl (C=O) groups is 1. The van der Waals surface area contributed by atoms with Crippen LogP contribution in [-0.2, 0) is 11.2 Å². The first-order valence-corrected chi connectivity index (χ1v) is 7.03. The van der Waals surface area contributed by atoms with Crippen LogP contribution in [0.25, 0.3) is 0 Å². The van der Waals surface area contributed by atoms with E-state index in [4.69, 9.17) is 0 Å². The minimum absolute atomic E-state index is 0.0170. The average molecular weight is 298 g/mol. The van der Waals surface area contributed by atoms with E-state index >= 15 is 0 Å². The van der Waals surface area contributed by atoms with Crippen LogP contribution >= 0.6 is 0 Å². The molecule has 22 heavy (non-hydrogen) atoms. The van der Waals surface area contributed by atoms with Crippen LogP contribution < -0.4 is 0 Å². The lowest BCUT2D eigenvalue weighted by atomic mass is 10.1. The monoisotopic (exact) mass is 298 g/mol. The number of nitro benzene ring substituents is 1. The quantitative estimate of drug-likeness (QED) is 0.628. The summed E-state index contributed by atoms with van der Waals surface area (Å²) in [6, 6.07) is 15.9. The van der Waals surface area contributed by atoms with Crippen molar-refractivity contribution in [3.8, 4) is 0 Å². The van der Waals surface area contributed by atoms with E-state index < -0.39 is 4.92 Å². The Morgan fingerprint density at radius 2 is 1.73 bits per heavy atom. The van der Waals surface area contributed by atoms with Crippen molar-refractivity contribution < 1.29 is 9.72 Å². The summed E-state index contributed by atoms with van der Waals surface area (Å²) in [6.45, 7) is 1.94. The molecule has 1 unspecified atom stereocenters. The average Bonchev–Trinajstić information content (AvgIpc) is 2.54. The summed E-state index contributed by atoms with van der Waals surface area (Å²) in [5, 5.41) is 11.0. The van der Waals surface area contributed by atoms with Crippen LogP contribution in [0.3, 0.4) is 0 Å². The molecule has 114 valence electrons. The van der Waals surface area contributed by atoms with Gasteiger partial charge in [-0.25, -0.2) is 0 Å². The molecule has 0 bridgehead atoms.